The van der Waals surface area contributed by atoms with Crippen molar-refractivity contribution in [2.75, 3.05) is 26.3 Å². The second-order valence-corrected chi connectivity index (χ2v) is 15.0. The van der Waals surface area contributed by atoms with Gasteiger partial charge in [0.2, 0.25) is 5.88 Å². The number of fused-ring (bicyclic) bond motifs is 1. The van der Waals surface area contributed by atoms with Gasteiger partial charge >= 0.3 is 19.2 Å². The smallest absolute Gasteiger partial charge is 0.476 e. The van der Waals surface area contributed by atoms with Crippen molar-refractivity contribution in [3.05, 3.63) is 82.5 Å². The van der Waals surface area contributed by atoms with Crippen LogP contribution in [0.4, 0.5) is 4.79 Å². The van der Waals surface area contributed by atoms with Crippen LogP contribution in [-0.4, -0.2) is 72.2 Å². The first-order valence-electron chi connectivity index (χ1n) is 17.8. The van der Waals surface area contributed by atoms with Gasteiger partial charge in [-0.3, -0.25) is 0 Å². The lowest BCUT2D eigenvalue weighted by Crippen LogP contribution is -2.41. The summed E-state index contributed by atoms with van der Waals surface area (Å²) in [6.07, 6.45) is 7.27. The first-order valence-corrected chi connectivity index (χ1v) is 17.8. The van der Waals surface area contributed by atoms with E-state index >= 15 is 0 Å². The van der Waals surface area contributed by atoms with Gasteiger partial charge in [0.1, 0.15) is 12.2 Å². The Hall–Kier alpha value is -3.89. The fraction of sp³-hybridized carbons (Fsp3) is 0.525. The van der Waals surface area contributed by atoms with Crippen LogP contribution in [-0.2, 0) is 23.6 Å². The molecule has 270 valence electrons. The molecule has 1 saturated heterocycles. The minimum atomic E-state index is -0.674. The number of pyridine rings is 1. The van der Waals surface area contributed by atoms with Crippen molar-refractivity contribution in [1.82, 2.24) is 9.88 Å². The van der Waals surface area contributed by atoms with Gasteiger partial charge in [-0.15, -0.1) is 0 Å². The van der Waals surface area contributed by atoms with Crippen LogP contribution in [0.2, 0.25) is 0 Å². The molecule has 0 bridgehead atoms. The third kappa shape index (κ3) is 9.26. The van der Waals surface area contributed by atoms with Gasteiger partial charge in [-0.05, 0) is 113 Å². The van der Waals surface area contributed by atoms with Crippen molar-refractivity contribution in [3.8, 4) is 5.88 Å². The molecule has 4 rings (SSSR count). The normalized spacial score (nSPS) is 20.1. The standard InChI is InChI=1S/C40H55BN2O7/c1-12-33(41-49-39(8,9)40(10,11)50-41)36(32-25-29-17-14-15-18-31(29)27(3)28(32)4)30-20-21-34(42-26-30)47-24-23-43(37(45)48-38(5,6)7)22-16-19-35(44)46-13-2/h14-21,25-28H,12-13,22-24H2,1-11H3/b19-16+,36-33+/t27-,28?/m0/s1. The average molecular weight is 687 g/mol. The van der Waals surface area contributed by atoms with E-state index in [0.29, 0.717) is 11.8 Å². The number of carbonyl (C=O) groups is 2. The van der Waals surface area contributed by atoms with Crippen molar-refractivity contribution >= 4 is 30.8 Å². The predicted octanol–water partition coefficient (Wildman–Crippen LogP) is 8.45. The Kier molecular flexibility index (Phi) is 12.4. The quantitative estimate of drug-likeness (QED) is 0.125. The molecule has 1 amide bonds. The molecular formula is C40H55BN2O7. The Morgan fingerprint density at radius 1 is 1.00 bits per heavy atom. The molecule has 1 aliphatic heterocycles. The Bertz CT molecular complexity index is 1590. The highest BCUT2D eigenvalue weighted by Crippen LogP contribution is 2.47. The van der Waals surface area contributed by atoms with Crippen molar-refractivity contribution in [3.63, 3.8) is 0 Å². The maximum Gasteiger partial charge on any atom is 0.491 e. The molecule has 0 N–H and O–H groups in total. The molecular weight excluding hydrogens is 631 g/mol. The van der Waals surface area contributed by atoms with Gasteiger partial charge in [-0.25, -0.2) is 14.6 Å². The summed E-state index contributed by atoms with van der Waals surface area (Å²) in [5.74, 6) is 0.509. The Balaban J connectivity index is 1.62. The summed E-state index contributed by atoms with van der Waals surface area (Å²) < 4.78 is 29.8. The van der Waals surface area contributed by atoms with Crippen molar-refractivity contribution < 1.29 is 33.1 Å². The van der Waals surface area contributed by atoms with Gasteiger partial charge in [-0.1, -0.05) is 57.2 Å². The molecule has 10 heteroatoms. The van der Waals surface area contributed by atoms with E-state index in [4.69, 9.17) is 28.5 Å². The zero-order chi connectivity index (χ0) is 36.9. The Labute approximate surface area is 299 Å². The summed E-state index contributed by atoms with van der Waals surface area (Å²) in [4.78, 5) is 30.9. The van der Waals surface area contributed by atoms with E-state index in [9.17, 15) is 9.59 Å². The molecule has 1 aliphatic carbocycles. The van der Waals surface area contributed by atoms with Crippen LogP contribution >= 0.6 is 0 Å². The van der Waals surface area contributed by atoms with Gasteiger partial charge in [0.15, 0.2) is 0 Å². The lowest BCUT2D eigenvalue weighted by molar-refractivity contribution is -0.137. The minimum Gasteiger partial charge on any atom is -0.476 e. The minimum absolute atomic E-state index is 0.158. The molecule has 0 saturated carbocycles. The molecule has 2 aromatic rings. The van der Waals surface area contributed by atoms with Crippen molar-refractivity contribution in [2.24, 2.45) is 5.92 Å². The van der Waals surface area contributed by atoms with Gasteiger partial charge in [-0.2, -0.15) is 0 Å². The fourth-order valence-corrected chi connectivity index (χ4v) is 6.10. The Morgan fingerprint density at radius 3 is 2.28 bits per heavy atom. The van der Waals surface area contributed by atoms with Crippen molar-refractivity contribution in [1.29, 1.82) is 0 Å². The monoisotopic (exact) mass is 686 g/mol. The summed E-state index contributed by atoms with van der Waals surface area (Å²) in [5, 5.41) is 0. The number of benzene rings is 1. The highest BCUT2D eigenvalue weighted by molar-refractivity contribution is 6.56. The molecule has 9 nitrogen and oxygen atoms in total. The maximum atomic E-state index is 12.9. The predicted molar refractivity (Wildman–Crippen MR) is 199 cm³/mol. The topological polar surface area (TPSA) is 96.4 Å². The SMILES string of the molecule is CCOC(=O)/C=C/CN(CCOc1ccc(/C(C2=Cc3ccccc3[C@@H](C)C2C)=C(/CC)B2OC(C)(C)C(C)(C)O2)cn1)C(=O)OC(C)(C)C. The second-order valence-electron chi connectivity index (χ2n) is 15.0. The Morgan fingerprint density at radius 2 is 1.68 bits per heavy atom. The van der Waals surface area contributed by atoms with Crippen LogP contribution in [0.1, 0.15) is 105 Å². The molecule has 1 aromatic carbocycles. The van der Waals surface area contributed by atoms with Crippen LogP contribution in [0.3, 0.4) is 0 Å². The van der Waals surface area contributed by atoms with Crippen LogP contribution in [0.15, 0.2) is 65.8 Å². The maximum absolute atomic E-state index is 12.9. The fourth-order valence-electron chi connectivity index (χ4n) is 6.10. The number of esters is 1. The second kappa shape index (κ2) is 16.0. The summed E-state index contributed by atoms with van der Waals surface area (Å²) in [7, 11) is -0.506. The number of nitrogens with zero attached hydrogens (tertiary/aromatic N) is 2. The number of ether oxygens (including phenoxy) is 3. The van der Waals surface area contributed by atoms with E-state index in [2.05, 4.69) is 78.8 Å². The van der Waals surface area contributed by atoms with Crippen LogP contribution in [0, 0.1) is 5.92 Å². The molecule has 0 radical (unpaired) electrons. The van der Waals surface area contributed by atoms with Gasteiger partial charge < -0.3 is 28.4 Å². The average Bonchev–Trinajstić information content (AvgIpc) is 3.26. The summed E-state index contributed by atoms with van der Waals surface area (Å²) in [6.45, 7) is 23.0. The van der Waals surface area contributed by atoms with Crippen molar-refractivity contribution in [2.45, 2.75) is 105 Å². The number of allylic oxidation sites excluding steroid dienone is 3. The number of amides is 1. The van der Waals surface area contributed by atoms with Gasteiger partial charge in [0.05, 0.1) is 24.4 Å². The number of rotatable bonds is 12. The van der Waals surface area contributed by atoms with Gasteiger partial charge in [0, 0.05) is 24.9 Å². The third-order valence-corrected chi connectivity index (χ3v) is 9.72. The zero-order valence-electron chi connectivity index (χ0n) is 31.8. The van der Waals surface area contributed by atoms with E-state index < -0.39 is 36.0 Å². The van der Waals surface area contributed by atoms with E-state index in [0.717, 1.165) is 23.0 Å². The number of hydrogen-bond acceptors (Lipinski definition) is 8. The lowest BCUT2D eigenvalue weighted by atomic mass is 9.66. The number of aromatic nitrogens is 1. The molecule has 1 unspecified atom stereocenters. The largest absolute Gasteiger partial charge is 0.491 e. The molecule has 1 fully saturated rings. The molecule has 0 spiro atoms. The van der Waals surface area contributed by atoms with Crippen LogP contribution in [0.25, 0.3) is 11.6 Å². The first-order chi connectivity index (χ1) is 23.5. The molecule has 2 atom stereocenters. The molecule has 1 aromatic heterocycles. The highest BCUT2D eigenvalue weighted by Gasteiger charge is 2.53. The van der Waals surface area contributed by atoms with E-state index in [1.807, 2.05) is 39.1 Å². The van der Waals surface area contributed by atoms with E-state index in [1.165, 1.54) is 27.7 Å². The van der Waals surface area contributed by atoms with Crippen LogP contribution < -0.4 is 4.74 Å². The van der Waals surface area contributed by atoms with E-state index in [1.54, 1.807) is 13.0 Å². The zero-order valence-corrected chi connectivity index (χ0v) is 31.8. The first kappa shape index (κ1) is 38.9. The third-order valence-electron chi connectivity index (χ3n) is 9.72. The number of carbonyl (C=O) groups excluding carboxylic acids is 2. The van der Waals surface area contributed by atoms with E-state index in [-0.39, 0.29) is 32.2 Å². The highest BCUT2D eigenvalue weighted by atomic mass is 16.7. The lowest BCUT2D eigenvalue weighted by Gasteiger charge is -2.32. The summed E-state index contributed by atoms with van der Waals surface area (Å²) in [5.41, 5.74) is 5.27. The molecule has 2 heterocycles. The molecule has 50 heavy (non-hydrogen) atoms. The van der Waals surface area contributed by atoms with Gasteiger partial charge in [0.25, 0.3) is 0 Å². The van der Waals surface area contributed by atoms with Crippen LogP contribution in [0.5, 0.6) is 5.88 Å². The summed E-state index contributed by atoms with van der Waals surface area (Å²) >= 11 is 0. The number of hydrogen-bond donors (Lipinski definition) is 0. The molecule has 2 aliphatic rings. The summed E-state index contributed by atoms with van der Waals surface area (Å²) in [6, 6.07) is 12.5.